The van der Waals surface area contributed by atoms with Gasteiger partial charge in [0.15, 0.2) is 0 Å². The van der Waals surface area contributed by atoms with Crippen molar-refractivity contribution in [2.75, 3.05) is 46.8 Å². The molecule has 0 radical (unpaired) electrons. The van der Waals surface area contributed by atoms with Gasteiger partial charge in [0.25, 0.3) is 0 Å². The van der Waals surface area contributed by atoms with Crippen LogP contribution in [0.4, 0.5) is 0 Å². The van der Waals surface area contributed by atoms with E-state index in [0.29, 0.717) is 45.9 Å². The van der Waals surface area contributed by atoms with E-state index in [2.05, 4.69) is 48.5 Å². The fraction of sp³-hybridized carbons (Fsp3) is 0.471. The van der Waals surface area contributed by atoms with Crippen molar-refractivity contribution in [3.8, 4) is 0 Å². The molecule has 0 spiro atoms. The molecule has 0 amide bonds. The number of hydrogen-bond acceptors (Lipinski definition) is 7. The van der Waals surface area contributed by atoms with Gasteiger partial charge in [-0.05, 0) is 84.5 Å². The summed E-state index contributed by atoms with van der Waals surface area (Å²) >= 11 is 0. The summed E-state index contributed by atoms with van der Waals surface area (Å²) in [6.45, 7) is 10.0. The molecule has 7 heteroatoms. The molecule has 0 atom stereocenters. The maximum absolute atomic E-state index is 13.2. The van der Waals surface area contributed by atoms with Gasteiger partial charge >= 0.3 is 11.9 Å². The van der Waals surface area contributed by atoms with Crippen LogP contribution in [0.5, 0.6) is 0 Å². The second-order valence-electron chi connectivity index (χ2n) is 11.8. The van der Waals surface area contributed by atoms with Crippen molar-refractivity contribution < 1.29 is 33.3 Å². The molecule has 0 aliphatic heterocycles. The topological polar surface area (TPSA) is 80.3 Å². The Balaban J connectivity index is 1.28. The minimum atomic E-state index is -0.761. The molecule has 0 aromatic heterocycles. The fourth-order valence-corrected chi connectivity index (χ4v) is 4.98. The lowest BCUT2D eigenvalue weighted by molar-refractivity contribution is -0.160. The fourth-order valence-electron chi connectivity index (χ4n) is 4.98. The Labute approximate surface area is 242 Å². The van der Waals surface area contributed by atoms with Crippen LogP contribution in [0.15, 0.2) is 54.6 Å². The van der Waals surface area contributed by atoms with Gasteiger partial charge in [-0.25, -0.2) is 0 Å². The first-order valence-electron chi connectivity index (χ1n) is 14.3. The van der Waals surface area contributed by atoms with Crippen molar-refractivity contribution in [3.63, 3.8) is 0 Å². The van der Waals surface area contributed by atoms with E-state index in [0.717, 1.165) is 16.3 Å². The first-order chi connectivity index (χ1) is 19.6. The third-order valence-electron chi connectivity index (χ3n) is 7.70. The number of carbonyl (C=O) groups is 2. The van der Waals surface area contributed by atoms with Crippen LogP contribution in [0.2, 0.25) is 0 Å². The number of hydrogen-bond donors (Lipinski definition) is 0. The van der Waals surface area contributed by atoms with Crippen molar-refractivity contribution in [2.24, 2.45) is 10.8 Å². The van der Waals surface area contributed by atoms with Gasteiger partial charge in [0, 0.05) is 7.11 Å². The molecule has 7 nitrogen and oxygen atoms in total. The largest absolute Gasteiger partial charge is 0.463 e. The molecule has 0 N–H and O–H groups in total. The Morgan fingerprint density at radius 2 is 1.17 bits per heavy atom. The summed E-state index contributed by atoms with van der Waals surface area (Å²) in [7, 11) is 1.62. The molecular formula is C34H42O7. The van der Waals surface area contributed by atoms with Crippen LogP contribution in [-0.4, -0.2) is 58.7 Å². The number of carbonyl (C=O) groups excluding carboxylic acids is 2. The Morgan fingerprint density at radius 3 is 1.83 bits per heavy atom. The summed E-state index contributed by atoms with van der Waals surface area (Å²) in [4.78, 5) is 25.9. The highest BCUT2D eigenvalue weighted by Crippen LogP contribution is 2.37. The predicted molar refractivity (Wildman–Crippen MR) is 161 cm³/mol. The van der Waals surface area contributed by atoms with E-state index in [-0.39, 0.29) is 25.2 Å². The van der Waals surface area contributed by atoms with Crippen molar-refractivity contribution >= 4 is 44.3 Å². The van der Waals surface area contributed by atoms with Gasteiger partial charge in [-0.1, -0.05) is 48.5 Å². The standard InChI is InChI=1S/C34H42O7/c1-33(2,31(35)40-21-20-39-19-18-38-17-16-37-5)14-15-34(3,4)32(36)41-23-27-22-26-10-6-8-24-12-13-25-9-7-11-28(27)30(25)29(24)26/h6-13,22H,14-21,23H2,1-5H3. The third-order valence-corrected chi connectivity index (χ3v) is 7.70. The Bertz CT molecular complexity index is 1460. The average molecular weight is 563 g/mol. The van der Waals surface area contributed by atoms with Gasteiger partial charge in [-0.2, -0.15) is 0 Å². The Kier molecular flexibility index (Phi) is 10.2. The molecule has 0 saturated carbocycles. The molecule has 0 fully saturated rings. The first kappa shape index (κ1) is 30.7. The summed E-state index contributed by atoms with van der Waals surface area (Å²) in [5.41, 5.74) is -0.522. The van der Waals surface area contributed by atoms with Gasteiger partial charge in [-0.3, -0.25) is 9.59 Å². The van der Waals surface area contributed by atoms with Crippen LogP contribution >= 0.6 is 0 Å². The maximum Gasteiger partial charge on any atom is 0.311 e. The lowest BCUT2D eigenvalue weighted by Gasteiger charge is -2.28. The highest BCUT2D eigenvalue weighted by Gasteiger charge is 2.36. The molecule has 41 heavy (non-hydrogen) atoms. The van der Waals surface area contributed by atoms with Crippen molar-refractivity contribution in [1.82, 2.24) is 0 Å². The highest BCUT2D eigenvalue weighted by molar-refractivity contribution is 6.23. The molecular weight excluding hydrogens is 520 g/mol. The van der Waals surface area contributed by atoms with Crippen LogP contribution in [0.1, 0.15) is 46.1 Å². The third kappa shape index (κ3) is 7.53. The molecule has 220 valence electrons. The number of benzene rings is 4. The molecule has 0 saturated heterocycles. The van der Waals surface area contributed by atoms with E-state index in [9.17, 15) is 9.59 Å². The van der Waals surface area contributed by atoms with Crippen LogP contribution in [0.25, 0.3) is 32.3 Å². The zero-order valence-electron chi connectivity index (χ0n) is 24.9. The van der Waals surface area contributed by atoms with Gasteiger partial charge in [0.05, 0.1) is 43.9 Å². The van der Waals surface area contributed by atoms with E-state index in [4.69, 9.17) is 23.7 Å². The smallest absolute Gasteiger partial charge is 0.311 e. The summed E-state index contributed by atoms with van der Waals surface area (Å²) in [6, 6.07) is 19.0. The molecule has 0 aliphatic carbocycles. The summed E-state index contributed by atoms with van der Waals surface area (Å²) in [5.74, 6) is -0.595. The van der Waals surface area contributed by atoms with E-state index >= 15 is 0 Å². The van der Waals surface area contributed by atoms with Crippen LogP contribution in [-0.2, 0) is 39.9 Å². The summed E-state index contributed by atoms with van der Waals surface area (Å²) in [5, 5.41) is 7.06. The first-order valence-corrected chi connectivity index (χ1v) is 14.3. The maximum atomic E-state index is 13.2. The number of rotatable bonds is 16. The van der Waals surface area contributed by atoms with Gasteiger partial charge < -0.3 is 23.7 Å². The minimum absolute atomic E-state index is 0.171. The normalized spacial score (nSPS) is 12.4. The van der Waals surface area contributed by atoms with Gasteiger partial charge in [0.2, 0.25) is 0 Å². The Hall–Kier alpha value is -3.26. The van der Waals surface area contributed by atoms with Crippen LogP contribution in [0, 0.1) is 10.8 Å². The second kappa shape index (κ2) is 13.6. The number of esters is 2. The number of ether oxygens (including phenoxy) is 5. The lowest BCUT2D eigenvalue weighted by Crippen LogP contribution is -2.32. The molecule has 4 aromatic carbocycles. The molecule has 0 bridgehead atoms. The van der Waals surface area contributed by atoms with Crippen LogP contribution < -0.4 is 0 Å². The Morgan fingerprint density at radius 1 is 0.634 bits per heavy atom. The molecule has 0 aliphatic rings. The SMILES string of the molecule is COCCOCCOCCOC(=O)C(C)(C)CCC(C)(C)C(=O)OCc1cc2cccc3ccc4cccc1c4c32. The molecule has 0 unspecified atom stereocenters. The zero-order chi connectivity index (χ0) is 29.5. The van der Waals surface area contributed by atoms with Crippen molar-refractivity contribution in [3.05, 3.63) is 60.2 Å². The zero-order valence-corrected chi connectivity index (χ0v) is 24.9. The minimum Gasteiger partial charge on any atom is -0.463 e. The van der Waals surface area contributed by atoms with E-state index in [1.807, 2.05) is 33.8 Å². The predicted octanol–water partition coefficient (Wildman–Crippen LogP) is 6.68. The second-order valence-corrected chi connectivity index (χ2v) is 11.8. The molecule has 0 heterocycles. The summed E-state index contributed by atoms with van der Waals surface area (Å²) < 4.78 is 27.0. The quantitative estimate of drug-likeness (QED) is 0.0856. The summed E-state index contributed by atoms with van der Waals surface area (Å²) in [6.07, 6.45) is 0.972. The molecule has 4 rings (SSSR count). The van der Waals surface area contributed by atoms with E-state index < -0.39 is 10.8 Å². The average Bonchev–Trinajstić information content (AvgIpc) is 2.96. The van der Waals surface area contributed by atoms with Crippen molar-refractivity contribution in [2.45, 2.75) is 47.1 Å². The van der Waals surface area contributed by atoms with Crippen molar-refractivity contribution in [1.29, 1.82) is 0 Å². The number of methoxy groups -OCH3 is 1. The molecule has 4 aromatic rings. The van der Waals surface area contributed by atoms with Gasteiger partial charge in [0.1, 0.15) is 13.2 Å². The van der Waals surface area contributed by atoms with E-state index in [1.165, 1.54) is 21.5 Å². The highest BCUT2D eigenvalue weighted by atomic mass is 16.6. The van der Waals surface area contributed by atoms with Crippen LogP contribution in [0.3, 0.4) is 0 Å². The van der Waals surface area contributed by atoms with Gasteiger partial charge in [-0.15, -0.1) is 0 Å². The monoisotopic (exact) mass is 562 g/mol. The van der Waals surface area contributed by atoms with E-state index in [1.54, 1.807) is 7.11 Å². The lowest BCUT2D eigenvalue weighted by atomic mass is 9.79.